The molecule has 1 aromatic carbocycles. The highest BCUT2D eigenvalue weighted by Gasteiger charge is 2.22. The fraction of sp³-hybridized carbons (Fsp3) is 0.368. The summed E-state index contributed by atoms with van der Waals surface area (Å²) in [6.45, 7) is 0. The minimum absolute atomic E-state index is 0.0202. The van der Waals surface area contributed by atoms with E-state index in [-0.39, 0.29) is 29.9 Å². The van der Waals surface area contributed by atoms with E-state index in [2.05, 4.69) is 0 Å². The van der Waals surface area contributed by atoms with Crippen LogP contribution in [0, 0.1) is 0 Å². The molecule has 6 nitrogen and oxygen atoms in total. The number of hydrogen-bond donors (Lipinski definition) is 3. The molecule has 0 spiro atoms. The average molecular weight is 346 g/mol. The largest absolute Gasteiger partial charge is 0.507 e. The van der Waals surface area contributed by atoms with E-state index in [0.29, 0.717) is 24.2 Å². The molecule has 134 valence electrons. The molecule has 1 aromatic rings. The van der Waals surface area contributed by atoms with E-state index in [0.717, 1.165) is 0 Å². The van der Waals surface area contributed by atoms with Crippen molar-refractivity contribution in [2.75, 3.05) is 7.11 Å². The Bertz CT molecular complexity index is 704. The monoisotopic (exact) mass is 346 g/mol. The Kier molecular flexibility index (Phi) is 6.50. The van der Waals surface area contributed by atoms with Gasteiger partial charge in [-0.15, -0.1) is 0 Å². The summed E-state index contributed by atoms with van der Waals surface area (Å²) in [5.74, 6) is -0.544. The zero-order valence-corrected chi connectivity index (χ0v) is 14.0. The zero-order valence-electron chi connectivity index (χ0n) is 14.0. The van der Waals surface area contributed by atoms with Crippen LogP contribution < -0.4 is 4.74 Å². The number of allylic oxidation sites excluding steroid dienone is 1. The Morgan fingerprint density at radius 3 is 2.60 bits per heavy atom. The number of fused-ring (bicyclic) bond motifs is 1. The van der Waals surface area contributed by atoms with Crippen molar-refractivity contribution >= 4 is 17.6 Å². The number of benzene rings is 1. The number of rotatable bonds is 1. The van der Waals surface area contributed by atoms with Crippen LogP contribution in [-0.4, -0.2) is 46.2 Å². The molecular formula is C19H22O6. The highest BCUT2D eigenvalue weighted by atomic mass is 16.5. The van der Waals surface area contributed by atoms with Gasteiger partial charge in [-0.25, -0.2) is 0 Å². The van der Waals surface area contributed by atoms with Crippen LogP contribution in [0.3, 0.4) is 0 Å². The number of phenols is 1. The lowest BCUT2D eigenvalue weighted by atomic mass is 9.96. The van der Waals surface area contributed by atoms with Crippen molar-refractivity contribution < 1.29 is 29.6 Å². The normalized spacial score (nSPS) is 24.9. The highest BCUT2D eigenvalue weighted by Crippen LogP contribution is 2.30. The van der Waals surface area contributed by atoms with Gasteiger partial charge in [0.2, 0.25) is 0 Å². The molecule has 0 saturated carbocycles. The van der Waals surface area contributed by atoms with Gasteiger partial charge in [0.1, 0.15) is 17.6 Å². The van der Waals surface area contributed by atoms with Crippen LogP contribution in [0.1, 0.15) is 41.6 Å². The Hall–Kier alpha value is -2.44. The van der Waals surface area contributed by atoms with E-state index in [1.165, 1.54) is 19.3 Å². The van der Waals surface area contributed by atoms with Crippen LogP contribution in [0.15, 0.2) is 30.4 Å². The van der Waals surface area contributed by atoms with Crippen LogP contribution in [0.2, 0.25) is 0 Å². The van der Waals surface area contributed by atoms with Gasteiger partial charge in [-0.3, -0.25) is 9.59 Å². The molecule has 3 N–H and O–H groups in total. The number of ketones is 2. The lowest BCUT2D eigenvalue weighted by molar-refractivity contribution is -0.127. The highest BCUT2D eigenvalue weighted by molar-refractivity contribution is 6.02. The van der Waals surface area contributed by atoms with Crippen molar-refractivity contribution in [2.45, 2.75) is 37.9 Å². The molecule has 25 heavy (non-hydrogen) atoms. The Morgan fingerprint density at radius 2 is 1.88 bits per heavy atom. The number of aliphatic hydroxyl groups excluding tert-OH is 2. The molecule has 0 heterocycles. The Labute approximate surface area is 146 Å². The molecule has 0 bridgehead atoms. The third-order valence-corrected chi connectivity index (χ3v) is 4.02. The van der Waals surface area contributed by atoms with Gasteiger partial charge < -0.3 is 20.1 Å². The molecule has 0 aliphatic heterocycles. The van der Waals surface area contributed by atoms with Crippen molar-refractivity contribution in [3.63, 3.8) is 0 Å². The van der Waals surface area contributed by atoms with E-state index >= 15 is 0 Å². The Balaban J connectivity index is 2.40. The third kappa shape index (κ3) is 4.78. The lowest BCUT2D eigenvalue weighted by Crippen LogP contribution is -2.32. The fourth-order valence-electron chi connectivity index (χ4n) is 2.63. The molecule has 6 heteroatoms. The van der Waals surface area contributed by atoms with Crippen LogP contribution >= 0.6 is 0 Å². The minimum atomic E-state index is -1.50. The van der Waals surface area contributed by atoms with E-state index in [4.69, 9.17) is 4.74 Å². The van der Waals surface area contributed by atoms with Gasteiger partial charge in [0, 0.05) is 12.5 Å². The summed E-state index contributed by atoms with van der Waals surface area (Å²) in [5, 5.41) is 29.9. The maximum atomic E-state index is 12.5. The molecule has 1 unspecified atom stereocenters. The topological polar surface area (TPSA) is 104 Å². The second-order valence-corrected chi connectivity index (χ2v) is 5.88. The van der Waals surface area contributed by atoms with Crippen molar-refractivity contribution in [1.29, 1.82) is 0 Å². The molecule has 2 rings (SSSR count). The predicted molar refractivity (Wildman–Crippen MR) is 92.7 cm³/mol. The van der Waals surface area contributed by atoms with Gasteiger partial charge in [0.15, 0.2) is 11.6 Å². The number of aliphatic hydroxyl groups is 2. The van der Waals surface area contributed by atoms with Crippen LogP contribution in [0.4, 0.5) is 0 Å². The van der Waals surface area contributed by atoms with E-state index < -0.39 is 18.0 Å². The first-order chi connectivity index (χ1) is 11.9. The minimum Gasteiger partial charge on any atom is -0.507 e. The number of aromatic hydroxyl groups is 1. The maximum absolute atomic E-state index is 12.5. The number of carbonyl (C=O) groups excluding carboxylic acids is 2. The van der Waals surface area contributed by atoms with Crippen molar-refractivity contribution in [1.82, 2.24) is 0 Å². The van der Waals surface area contributed by atoms with Gasteiger partial charge in [-0.2, -0.15) is 0 Å². The number of Topliss-reactive ketones (excluding diaryl/α,β-unsaturated/α-hetero) is 1. The standard InChI is InChI=1S/C19H22O6/c1-25-13-10-12-6-5-9-16(22)19(24)15(21)8-4-2-3-7-14(20)18(12)17(23)11-13/h4-6,8,10-11,16,19,22-24H,2-3,7,9H2,1H3/b6-5+,8-4+/t16?,19-/m1/s1. The van der Waals surface area contributed by atoms with Crippen LogP contribution in [0.5, 0.6) is 11.5 Å². The number of hydrogen-bond acceptors (Lipinski definition) is 6. The first kappa shape index (κ1) is 18.9. The summed E-state index contributed by atoms with van der Waals surface area (Å²) < 4.78 is 5.11. The van der Waals surface area contributed by atoms with Crippen LogP contribution in [-0.2, 0) is 4.79 Å². The summed E-state index contributed by atoms with van der Waals surface area (Å²) in [4.78, 5) is 24.2. The van der Waals surface area contributed by atoms with Gasteiger partial charge in [-0.1, -0.05) is 18.2 Å². The summed E-state index contributed by atoms with van der Waals surface area (Å²) in [5.41, 5.74) is 0.659. The van der Waals surface area contributed by atoms with Gasteiger partial charge in [-0.05, 0) is 37.0 Å². The summed E-state index contributed by atoms with van der Waals surface area (Å²) in [6, 6.07) is 2.99. The van der Waals surface area contributed by atoms with E-state index in [1.807, 2.05) is 0 Å². The van der Waals surface area contributed by atoms with Gasteiger partial charge in [0.25, 0.3) is 0 Å². The quantitative estimate of drug-likeness (QED) is 0.719. The molecule has 2 atom stereocenters. The number of carbonyl (C=O) groups is 2. The Morgan fingerprint density at radius 1 is 1.12 bits per heavy atom. The SMILES string of the molecule is COc1cc(O)c2c(c1)/C=C/CC(O)[C@H](O)C(=O)/C=C/CCCC2=O. The molecule has 0 amide bonds. The number of ether oxygens (including phenoxy) is 1. The third-order valence-electron chi connectivity index (χ3n) is 4.02. The molecule has 0 aromatic heterocycles. The molecule has 0 fully saturated rings. The number of phenolic OH excluding ortho intramolecular Hbond substituents is 1. The molecular weight excluding hydrogens is 324 g/mol. The van der Waals surface area contributed by atoms with E-state index in [1.54, 1.807) is 24.3 Å². The van der Waals surface area contributed by atoms with Crippen molar-refractivity contribution in [3.05, 3.63) is 41.5 Å². The maximum Gasteiger partial charge on any atom is 0.186 e. The fourth-order valence-corrected chi connectivity index (χ4v) is 2.63. The van der Waals surface area contributed by atoms with Crippen LogP contribution in [0.25, 0.3) is 6.08 Å². The van der Waals surface area contributed by atoms with Crippen molar-refractivity contribution in [3.8, 4) is 11.5 Å². The van der Waals surface area contributed by atoms with Crippen molar-refractivity contribution in [2.24, 2.45) is 0 Å². The summed E-state index contributed by atoms with van der Waals surface area (Å²) in [7, 11) is 1.45. The second kappa shape index (κ2) is 8.60. The smallest absolute Gasteiger partial charge is 0.186 e. The second-order valence-electron chi connectivity index (χ2n) is 5.88. The van der Waals surface area contributed by atoms with Gasteiger partial charge in [0.05, 0.1) is 18.8 Å². The van der Waals surface area contributed by atoms with E-state index in [9.17, 15) is 24.9 Å². The first-order valence-corrected chi connectivity index (χ1v) is 8.11. The summed E-state index contributed by atoms with van der Waals surface area (Å²) >= 11 is 0. The van der Waals surface area contributed by atoms with Gasteiger partial charge >= 0.3 is 0 Å². The first-order valence-electron chi connectivity index (χ1n) is 8.11. The molecule has 1 aliphatic carbocycles. The molecule has 0 saturated heterocycles. The number of methoxy groups -OCH3 is 1. The zero-order chi connectivity index (χ0) is 18.4. The molecule has 0 radical (unpaired) electrons. The predicted octanol–water partition coefficient (Wildman–Crippen LogP) is 2.02. The molecule has 1 aliphatic rings. The summed E-state index contributed by atoms with van der Waals surface area (Å²) in [6.07, 6.45) is 4.36. The average Bonchev–Trinajstić information content (AvgIpc) is 2.59. The lowest BCUT2D eigenvalue weighted by Gasteiger charge is -2.14.